The Labute approximate surface area is 114 Å². The van der Waals surface area contributed by atoms with Gasteiger partial charge in [-0.15, -0.1) is 0 Å². The van der Waals surface area contributed by atoms with Gasteiger partial charge in [-0.1, -0.05) is 12.1 Å². The Bertz CT molecular complexity index is 662. The SMILES string of the molecule is COC(=O)c1cc(C(=O)O)cc(-c2ccc(F)cc2)c1. The van der Waals surface area contributed by atoms with Gasteiger partial charge in [0.15, 0.2) is 0 Å². The van der Waals surface area contributed by atoms with E-state index in [0.717, 1.165) is 0 Å². The van der Waals surface area contributed by atoms with Crippen molar-refractivity contribution in [1.29, 1.82) is 0 Å². The predicted molar refractivity (Wildman–Crippen MR) is 70.1 cm³/mol. The Morgan fingerprint density at radius 3 is 2.15 bits per heavy atom. The number of carbonyl (C=O) groups excluding carboxylic acids is 1. The maximum absolute atomic E-state index is 12.9. The minimum atomic E-state index is -1.15. The lowest BCUT2D eigenvalue weighted by molar-refractivity contribution is 0.0601. The Balaban J connectivity index is 2.57. The lowest BCUT2D eigenvalue weighted by Crippen LogP contribution is -2.05. The normalized spacial score (nSPS) is 10.1. The van der Waals surface area contributed by atoms with Crippen LogP contribution in [0.5, 0.6) is 0 Å². The van der Waals surface area contributed by atoms with Gasteiger partial charge in [-0.05, 0) is 41.5 Å². The second kappa shape index (κ2) is 5.52. The van der Waals surface area contributed by atoms with E-state index in [0.29, 0.717) is 11.1 Å². The van der Waals surface area contributed by atoms with Crippen molar-refractivity contribution in [2.45, 2.75) is 0 Å². The molecule has 0 amide bonds. The van der Waals surface area contributed by atoms with E-state index in [2.05, 4.69) is 4.74 Å². The van der Waals surface area contributed by atoms with Crippen LogP contribution in [0.2, 0.25) is 0 Å². The number of carboxylic acid groups (broad SMARTS) is 1. The molecule has 0 aliphatic carbocycles. The number of methoxy groups -OCH3 is 1. The lowest BCUT2D eigenvalue weighted by Gasteiger charge is -2.07. The maximum atomic E-state index is 12.9. The van der Waals surface area contributed by atoms with Crippen LogP contribution in [-0.2, 0) is 4.74 Å². The molecule has 0 heterocycles. The molecule has 0 fully saturated rings. The van der Waals surface area contributed by atoms with Crippen LogP contribution >= 0.6 is 0 Å². The fourth-order valence-electron chi connectivity index (χ4n) is 1.80. The summed E-state index contributed by atoms with van der Waals surface area (Å²) in [7, 11) is 1.22. The molecule has 0 aliphatic heterocycles. The maximum Gasteiger partial charge on any atom is 0.337 e. The standard InChI is InChI=1S/C15H11FO4/c1-20-15(19)12-7-10(6-11(8-12)14(17)18)9-2-4-13(16)5-3-9/h2-8H,1H3,(H,17,18). The molecule has 2 aromatic rings. The zero-order chi connectivity index (χ0) is 14.7. The molecule has 4 nitrogen and oxygen atoms in total. The van der Waals surface area contributed by atoms with E-state index in [-0.39, 0.29) is 11.1 Å². The van der Waals surface area contributed by atoms with Crippen molar-refractivity contribution in [3.8, 4) is 11.1 Å². The minimum Gasteiger partial charge on any atom is -0.478 e. The van der Waals surface area contributed by atoms with Crippen LogP contribution in [-0.4, -0.2) is 24.2 Å². The number of carboxylic acids is 1. The van der Waals surface area contributed by atoms with Crippen molar-refractivity contribution >= 4 is 11.9 Å². The van der Waals surface area contributed by atoms with Crippen molar-refractivity contribution in [3.05, 3.63) is 59.4 Å². The molecule has 0 unspecified atom stereocenters. The van der Waals surface area contributed by atoms with E-state index in [1.807, 2.05) is 0 Å². The van der Waals surface area contributed by atoms with E-state index >= 15 is 0 Å². The number of esters is 1. The summed E-state index contributed by atoms with van der Waals surface area (Å²) >= 11 is 0. The Kier molecular flexibility index (Phi) is 3.79. The summed E-state index contributed by atoms with van der Waals surface area (Å²) in [6.07, 6.45) is 0. The van der Waals surface area contributed by atoms with Gasteiger partial charge < -0.3 is 9.84 Å². The summed E-state index contributed by atoms with van der Waals surface area (Å²) in [6.45, 7) is 0. The van der Waals surface area contributed by atoms with Crippen LogP contribution in [0.3, 0.4) is 0 Å². The van der Waals surface area contributed by atoms with Gasteiger partial charge in [0.25, 0.3) is 0 Å². The highest BCUT2D eigenvalue weighted by atomic mass is 19.1. The quantitative estimate of drug-likeness (QED) is 0.874. The van der Waals surface area contributed by atoms with E-state index in [1.165, 1.54) is 49.6 Å². The van der Waals surface area contributed by atoms with Crippen LogP contribution < -0.4 is 0 Å². The summed E-state index contributed by atoms with van der Waals surface area (Å²) in [5.41, 5.74) is 1.21. The topological polar surface area (TPSA) is 63.6 Å². The van der Waals surface area contributed by atoms with Crippen molar-refractivity contribution in [2.24, 2.45) is 0 Å². The molecule has 5 heteroatoms. The monoisotopic (exact) mass is 274 g/mol. The number of carbonyl (C=O) groups is 2. The average molecular weight is 274 g/mol. The zero-order valence-corrected chi connectivity index (χ0v) is 10.6. The minimum absolute atomic E-state index is 0.0350. The largest absolute Gasteiger partial charge is 0.478 e. The van der Waals surface area contributed by atoms with E-state index in [1.54, 1.807) is 0 Å². The highest BCUT2D eigenvalue weighted by Crippen LogP contribution is 2.23. The molecular formula is C15H11FO4. The molecule has 0 saturated carbocycles. The van der Waals surface area contributed by atoms with E-state index in [4.69, 9.17) is 5.11 Å². The smallest absolute Gasteiger partial charge is 0.337 e. The van der Waals surface area contributed by atoms with Gasteiger partial charge in [0.2, 0.25) is 0 Å². The molecule has 0 radical (unpaired) electrons. The third-order valence-corrected chi connectivity index (χ3v) is 2.78. The molecule has 0 atom stereocenters. The number of hydrogen-bond donors (Lipinski definition) is 1. The molecule has 102 valence electrons. The second-order valence-corrected chi connectivity index (χ2v) is 4.10. The Morgan fingerprint density at radius 1 is 1.00 bits per heavy atom. The predicted octanol–water partition coefficient (Wildman–Crippen LogP) is 2.98. The van der Waals surface area contributed by atoms with Gasteiger partial charge in [-0.3, -0.25) is 0 Å². The third-order valence-electron chi connectivity index (χ3n) is 2.78. The first-order valence-electron chi connectivity index (χ1n) is 5.74. The Morgan fingerprint density at radius 2 is 1.60 bits per heavy atom. The molecule has 2 rings (SSSR count). The molecule has 0 bridgehead atoms. The molecule has 20 heavy (non-hydrogen) atoms. The summed E-state index contributed by atoms with van der Waals surface area (Å²) in [5.74, 6) is -2.17. The molecule has 1 N–H and O–H groups in total. The molecule has 0 aliphatic rings. The van der Waals surface area contributed by atoms with Crippen molar-refractivity contribution in [3.63, 3.8) is 0 Å². The molecule has 0 aromatic heterocycles. The van der Waals surface area contributed by atoms with Crippen LogP contribution in [0.25, 0.3) is 11.1 Å². The summed E-state index contributed by atoms with van der Waals surface area (Å²) in [4.78, 5) is 22.6. The number of ether oxygens (including phenoxy) is 1. The molecular weight excluding hydrogens is 263 g/mol. The first-order valence-corrected chi connectivity index (χ1v) is 5.74. The van der Waals surface area contributed by atoms with Gasteiger partial charge in [0.05, 0.1) is 18.2 Å². The van der Waals surface area contributed by atoms with Crippen LogP contribution in [0, 0.1) is 5.82 Å². The highest BCUT2D eigenvalue weighted by molar-refractivity contribution is 5.96. The van der Waals surface area contributed by atoms with Crippen molar-refractivity contribution < 1.29 is 23.8 Å². The van der Waals surface area contributed by atoms with E-state index < -0.39 is 17.8 Å². The van der Waals surface area contributed by atoms with E-state index in [9.17, 15) is 14.0 Å². The average Bonchev–Trinajstić information content (AvgIpc) is 2.46. The number of aromatic carboxylic acids is 1. The molecule has 2 aromatic carbocycles. The number of benzene rings is 2. The fraction of sp³-hybridized carbons (Fsp3) is 0.0667. The van der Waals surface area contributed by atoms with Crippen molar-refractivity contribution in [2.75, 3.05) is 7.11 Å². The van der Waals surface area contributed by atoms with Gasteiger partial charge in [-0.25, -0.2) is 14.0 Å². The van der Waals surface area contributed by atoms with Gasteiger partial charge in [0, 0.05) is 0 Å². The Hall–Kier alpha value is -2.69. The number of halogens is 1. The van der Waals surface area contributed by atoms with Crippen LogP contribution in [0.4, 0.5) is 4.39 Å². The second-order valence-electron chi connectivity index (χ2n) is 4.10. The lowest BCUT2D eigenvalue weighted by atomic mass is 9.99. The van der Waals surface area contributed by atoms with Crippen LogP contribution in [0.1, 0.15) is 20.7 Å². The van der Waals surface area contributed by atoms with Gasteiger partial charge in [0.1, 0.15) is 5.82 Å². The summed E-state index contributed by atoms with van der Waals surface area (Å²) in [5, 5.41) is 9.07. The number of rotatable bonds is 3. The first kappa shape index (κ1) is 13.7. The molecule has 0 spiro atoms. The molecule has 0 saturated heterocycles. The highest BCUT2D eigenvalue weighted by Gasteiger charge is 2.13. The summed E-state index contributed by atoms with van der Waals surface area (Å²) in [6, 6.07) is 9.71. The number of hydrogen-bond acceptors (Lipinski definition) is 3. The van der Waals surface area contributed by atoms with Gasteiger partial charge >= 0.3 is 11.9 Å². The van der Waals surface area contributed by atoms with Crippen LogP contribution in [0.15, 0.2) is 42.5 Å². The van der Waals surface area contributed by atoms with Crippen molar-refractivity contribution in [1.82, 2.24) is 0 Å². The summed E-state index contributed by atoms with van der Waals surface area (Å²) < 4.78 is 17.5. The zero-order valence-electron chi connectivity index (χ0n) is 10.6. The first-order chi connectivity index (χ1) is 9.51. The third kappa shape index (κ3) is 2.83. The van der Waals surface area contributed by atoms with Gasteiger partial charge in [-0.2, -0.15) is 0 Å². The fourth-order valence-corrected chi connectivity index (χ4v) is 1.80.